The van der Waals surface area contributed by atoms with Gasteiger partial charge in [-0.05, 0) is 59.1 Å². The van der Waals surface area contributed by atoms with E-state index in [0.29, 0.717) is 17.7 Å². The lowest BCUT2D eigenvalue weighted by molar-refractivity contribution is 0.545. The van der Waals surface area contributed by atoms with E-state index in [1.807, 2.05) is 12.1 Å². The minimum Gasteiger partial charge on any atom is -0.245 e. The Morgan fingerprint density at radius 2 is 1.59 bits per heavy atom. The molecule has 4 rings (SSSR count). The van der Waals surface area contributed by atoms with E-state index in [1.165, 1.54) is 16.7 Å². The van der Waals surface area contributed by atoms with Crippen molar-refractivity contribution < 1.29 is 0 Å². The van der Waals surface area contributed by atoms with Gasteiger partial charge in [0.2, 0.25) is 5.82 Å². The molecule has 178 valence electrons. The Kier molecular flexibility index (Phi) is 7.83. The summed E-state index contributed by atoms with van der Waals surface area (Å²) in [5.41, 5.74) is 4.70. The number of aromatic amines is 1. The van der Waals surface area contributed by atoms with E-state index in [2.05, 4.69) is 89.4 Å². The highest BCUT2D eigenvalue weighted by atomic mass is 15.5. The van der Waals surface area contributed by atoms with Gasteiger partial charge in [0.15, 0.2) is 5.82 Å². The molecule has 0 aliphatic rings. The highest BCUT2D eigenvalue weighted by molar-refractivity contribution is 5.55. The average molecular weight is 458 g/mol. The molecular weight excluding hydrogens is 422 g/mol. The zero-order chi connectivity index (χ0) is 23.9. The van der Waals surface area contributed by atoms with Crippen LogP contribution in [-0.2, 0) is 25.8 Å². The number of aromatic nitrogens is 7. The number of nitrogens with one attached hydrogen (secondary N) is 1. The summed E-state index contributed by atoms with van der Waals surface area (Å²) in [6, 6.07) is 17.1. The van der Waals surface area contributed by atoms with Crippen molar-refractivity contribution in [3.8, 4) is 11.4 Å². The first kappa shape index (κ1) is 23.8. The standard InChI is InChI=1S/C27H35N7/c1-19(2)8-14-25-28-26(15-9-20(3)4)34(31-25)18-22-12-10-21(11-13-22)16-23-6-5-7-24(17-23)27-29-32-33-30-27/h5-7,10-13,17,19-20H,8-9,14-16,18H2,1-4H3,(H,29,30,32,33). The van der Waals surface area contributed by atoms with E-state index < -0.39 is 0 Å². The molecule has 2 heterocycles. The van der Waals surface area contributed by atoms with Crippen molar-refractivity contribution in [1.82, 2.24) is 35.4 Å². The molecule has 2 aromatic carbocycles. The van der Waals surface area contributed by atoms with Gasteiger partial charge >= 0.3 is 0 Å². The Balaban J connectivity index is 1.44. The summed E-state index contributed by atoms with van der Waals surface area (Å²) in [6.45, 7) is 9.78. The molecular formula is C27H35N7. The smallest absolute Gasteiger partial charge is 0.204 e. The maximum atomic E-state index is 4.89. The van der Waals surface area contributed by atoms with Crippen LogP contribution in [0.2, 0.25) is 0 Å². The largest absolute Gasteiger partial charge is 0.245 e. The highest BCUT2D eigenvalue weighted by Crippen LogP contribution is 2.19. The van der Waals surface area contributed by atoms with E-state index in [1.54, 1.807) is 0 Å². The molecule has 0 amide bonds. The minimum atomic E-state index is 0.617. The Morgan fingerprint density at radius 1 is 0.853 bits per heavy atom. The first-order chi connectivity index (χ1) is 16.5. The molecule has 7 heteroatoms. The van der Waals surface area contributed by atoms with Crippen molar-refractivity contribution in [2.75, 3.05) is 0 Å². The van der Waals surface area contributed by atoms with Crippen LogP contribution in [0, 0.1) is 11.8 Å². The summed E-state index contributed by atoms with van der Waals surface area (Å²) in [5.74, 6) is 4.01. The number of hydrogen-bond acceptors (Lipinski definition) is 5. The summed E-state index contributed by atoms with van der Waals surface area (Å²) < 4.78 is 2.11. The fourth-order valence-electron chi connectivity index (χ4n) is 3.95. The summed E-state index contributed by atoms with van der Waals surface area (Å²) in [7, 11) is 0. The number of tetrazole rings is 1. The second-order valence-corrected chi connectivity index (χ2v) is 9.90. The van der Waals surface area contributed by atoms with Gasteiger partial charge < -0.3 is 0 Å². The molecule has 0 saturated carbocycles. The normalized spacial score (nSPS) is 11.6. The molecule has 7 nitrogen and oxygen atoms in total. The van der Waals surface area contributed by atoms with Gasteiger partial charge in [-0.2, -0.15) is 10.3 Å². The zero-order valence-electron chi connectivity index (χ0n) is 20.7. The van der Waals surface area contributed by atoms with Gasteiger partial charge in [-0.25, -0.2) is 9.67 Å². The van der Waals surface area contributed by atoms with Gasteiger partial charge in [-0.1, -0.05) is 70.2 Å². The van der Waals surface area contributed by atoms with Gasteiger partial charge in [-0.3, -0.25) is 0 Å². The van der Waals surface area contributed by atoms with Crippen LogP contribution in [0.5, 0.6) is 0 Å². The molecule has 0 fully saturated rings. The molecule has 0 aliphatic heterocycles. The number of nitrogens with zero attached hydrogens (tertiary/aromatic N) is 6. The first-order valence-corrected chi connectivity index (χ1v) is 12.3. The van der Waals surface area contributed by atoms with Crippen LogP contribution in [0.3, 0.4) is 0 Å². The van der Waals surface area contributed by atoms with E-state index in [-0.39, 0.29) is 0 Å². The lowest BCUT2D eigenvalue weighted by atomic mass is 10.0. The monoisotopic (exact) mass is 457 g/mol. The van der Waals surface area contributed by atoms with Crippen LogP contribution in [0.1, 0.15) is 68.9 Å². The van der Waals surface area contributed by atoms with Crippen molar-refractivity contribution in [2.24, 2.45) is 11.8 Å². The van der Waals surface area contributed by atoms with E-state index >= 15 is 0 Å². The maximum Gasteiger partial charge on any atom is 0.204 e. The predicted molar refractivity (Wildman–Crippen MR) is 134 cm³/mol. The average Bonchev–Trinajstić information content (AvgIpc) is 3.48. The van der Waals surface area contributed by atoms with Crippen LogP contribution in [-0.4, -0.2) is 35.4 Å². The molecule has 0 atom stereocenters. The third kappa shape index (κ3) is 6.59. The fraction of sp³-hybridized carbons (Fsp3) is 0.444. The predicted octanol–water partition coefficient (Wildman–Crippen LogP) is 5.27. The zero-order valence-corrected chi connectivity index (χ0v) is 20.7. The van der Waals surface area contributed by atoms with Crippen molar-refractivity contribution in [3.63, 3.8) is 0 Å². The molecule has 0 bridgehead atoms. The molecule has 0 spiro atoms. The van der Waals surface area contributed by atoms with Crippen LogP contribution < -0.4 is 0 Å². The van der Waals surface area contributed by atoms with E-state index in [9.17, 15) is 0 Å². The Bertz CT molecular complexity index is 1160. The Morgan fingerprint density at radius 3 is 2.29 bits per heavy atom. The van der Waals surface area contributed by atoms with E-state index in [4.69, 9.17) is 10.1 Å². The fourth-order valence-corrected chi connectivity index (χ4v) is 3.95. The Hall–Kier alpha value is -3.35. The van der Waals surface area contributed by atoms with Crippen molar-refractivity contribution >= 4 is 0 Å². The third-order valence-electron chi connectivity index (χ3n) is 5.98. The number of hydrogen-bond donors (Lipinski definition) is 1. The molecule has 0 aliphatic carbocycles. The highest BCUT2D eigenvalue weighted by Gasteiger charge is 2.12. The van der Waals surface area contributed by atoms with Crippen molar-refractivity contribution in [3.05, 3.63) is 76.9 Å². The lowest BCUT2D eigenvalue weighted by Crippen LogP contribution is -2.08. The van der Waals surface area contributed by atoms with Crippen LogP contribution in [0.4, 0.5) is 0 Å². The minimum absolute atomic E-state index is 0.617. The van der Waals surface area contributed by atoms with Crippen LogP contribution >= 0.6 is 0 Å². The summed E-state index contributed by atoms with van der Waals surface area (Å²) in [4.78, 5) is 4.89. The van der Waals surface area contributed by atoms with Gasteiger partial charge in [0, 0.05) is 18.4 Å². The molecule has 1 N–H and O–H groups in total. The SMILES string of the molecule is CC(C)CCc1nc(CCC(C)C)n(Cc2ccc(Cc3cccc(-c4nn[nH]n4)c3)cc2)n1. The third-order valence-corrected chi connectivity index (χ3v) is 5.98. The molecule has 2 aromatic heterocycles. The number of benzene rings is 2. The molecule has 0 saturated heterocycles. The van der Waals surface area contributed by atoms with Crippen molar-refractivity contribution in [1.29, 1.82) is 0 Å². The number of rotatable bonds is 11. The lowest BCUT2D eigenvalue weighted by Gasteiger charge is -2.09. The van der Waals surface area contributed by atoms with Crippen molar-refractivity contribution in [2.45, 2.75) is 66.3 Å². The summed E-state index contributed by atoms with van der Waals surface area (Å²) >= 11 is 0. The summed E-state index contributed by atoms with van der Waals surface area (Å²) in [5, 5.41) is 19.2. The van der Waals surface area contributed by atoms with Gasteiger partial charge in [-0.15, -0.1) is 10.2 Å². The van der Waals surface area contributed by atoms with Gasteiger partial charge in [0.25, 0.3) is 0 Å². The quantitative estimate of drug-likeness (QED) is 0.331. The van der Waals surface area contributed by atoms with Gasteiger partial charge in [0.05, 0.1) is 6.54 Å². The molecule has 0 unspecified atom stereocenters. The van der Waals surface area contributed by atoms with Crippen LogP contribution in [0.25, 0.3) is 11.4 Å². The molecule has 0 radical (unpaired) electrons. The maximum absolute atomic E-state index is 4.89. The molecule has 34 heavy (non-hydrogen) atoms. The molecule has 4 aromatic rings. The van der Waals surface area contributed by atoms with Gasteiger partial charge in [0.1, 0.15) is 5.82 Å². The topological polar surface area (TPSA) is 85.2 Å². The first-order valence-electron chi connectivity index (χ1n) is 12.3. The van der Waals surface area contributed by atoms with E-state index in [0.717, 1.165) is 55.9 Å². The van der Waals surface area contributed by atoms with Crippen LogP contribution in [0.15, 0.2) is 48.5 Å². The second-order valence-electron chi connectivity index (χ2n) is 9.90. The number of aryl methyl sites for hydroxylation is 2. The second kappa shape index (κ2) is 11.2. The summed E-state index contributed by atoms with van der Waals surface area (Å²) in [6.07, 6.45) is 5.02. The Labute approximate surface area is 202 Å². The number of H-pyrrole nitrogens is 1.